The largest absolute Gasteiger partial charge is 0.506 e. The van der Waals surface area contributed by atoms with Gasteiger partial charge < -0.3 is 14.5 Å². The summed E-state index contributed by atoms with van der Waals surface area (Å²) in [5.74, 6) is 0.740. The molecule has 6 rings (SSSR count). The lowest BCUT2D eigenvalue weighted by molar-refractivity contribution is 0.473. The highest BCUT2D eigenvalue weighted by atomic mass is 16.3. The summed E-state index contributed by atoms with van der Waals surface area (Å²) >= 11 is 0. The molecule has 5 heterocycles. The third-order valence-corrected chi connectivity index (χ3v) is 5.04. The Balaban J connectivity index is 1.52. The van der Waals surface area contributed by atoms with Gasteiger partial charge in [-0.05, 0) is 24.3 Å². The number of furan rings is 1. The van der Waals surface area contributed by atoms with E-state index in [-0.39, 0.29) is 5.75 Å². The summed E-state index contributed by atoms with van der Waals surface area (Å²) in [6.45, 7) is 0. The lowest BCUT2D eigenvalue weighted by Crippen LogP contribution is -1.86. The lowest BCUT2D eigenvalue weighted by Gasteiger charge is -2.01. The van der Waals surface area contributed by atoms with Gasteiger partial charge in [-0.25, -0.2) is 4.98 Å². The van der Waals surface area contributed by atoms with Crippen molar-refractivity contribution in [3.63, 3.8) is 0 Å². The highest BCUT2D eigenvalue weighted by Gasteiger charge is 2.16. The van der Waals surface area contributed by atoms with Crippen LogP contribution >= 0.6 is 0 Å². The van der Waals surface area contributed by atoms with Crippen LogP contribution < -0.4 is 0 Å². The summed E-state index contributed by atoms with van der Waals surface area (Å²) in [6, 6.07) is 11.4. The topological polar surface area (TPSA) is 117 Å². The third kappa shape index (κ3) is 2.55. The maximum Gasteiger partial charge on any atom is 0.159 e. The van der Waals surface area contributed by atoms with E-state index in [0.29, 0.717) is 17.2 Å². The van der Waals surface area contributed by atoms with Crippen LogP contribution in [-0.4, -0.2) is 35.2 Å². The molecule has 144 valence electrons. The third-order valence-electron chi connectivity index (χ3n) is 5.04. The fourth-order valence-corrected chi connectivity index (χ4v) is 3.62. The Kier molecular flexibility index (Phi) is 3.45. The van der Waals surface area contributed by atoms with E-state index in [2.05, 4.69) is 25.1 Å². The monoisotopic (exact) mass is 394 g/mol. The molecule has 8 heteroatoms. The number of benzene rings is 1. The van der Waals surface area contributed by atoms with Crippen molar-refractivity contribution >= 4 is 21.9 Å². The second-order valence-corrected chi connectivity index (χ2v) is 6.92. The van der Waals surface area contributed by atoms with Gasteiger partial charge in [0.2, 0.25) is 0 Å². The predicted octanol–water partition coefficient (Wildman–Crippen LogP) is 4.53. The van der Waals surface area contributed by atoms with Gasteiger partial charge in [0.1, 0.15) is 11.4 Å². The van der Waals surface area contributed by atoms with E-state index in [1.807, 2.05) is 30.3 Å². The number of fused-ring (bicyclic) bond motifs is 2. The van der Waals surface area contributed by atoms with Gasteiger partial charge in [0.15, 0.2) is 5.82 Å². The first kappa shape index (κ1) is 16.5. The van der Waals surface area contributed by atoms with Gasteiger partial charge in [0.25, 0.3) is 0 Å². The Morgan fingerprint density at radius 1 is 0.967 bits per heavy atom. The van der Waals surface area contributed by atoms with Crippen molar-refractivity contribution in [1.82, 2.24) is 30.1 Å². The van der Waals surface area contributed by atoms with Gasteiger partial charge in [-0.3, -0.25) is 15.1 Å². The molecule has 30 heavy (non-hydrogen) atoms. The number of imidazole rings is 1. The Labute approximate surface area is 169 Å². The lowest BCUT2D eigenvalue weighted by atomic mass is 10.1. The molecule has 6 aromatic rings. The molecular weight excluding hydrogens is 380 g/mol. The Hall–Kier alpha value is -4.46. The molecule has 0 aliphatic rings. The van der Waals surface area contributed by atoms with Gasteiger partial charge in [0, 0.05) is 28.3 Å². The average molecular weight is 394 g/mol. The van der Waals surface area contributed by atoms with Crippen LogP contribution in [0.5, 0.6) is 5.75 Å². The number of pyridine rings is 2. The van der Waals surface area contributed by atoms with Crippen molar-refractivity contribution in [3.8, 4) is 39.7 Å². The minimum Gasteiger partial charge on any atom is -0.506 e. The zero-order valence-electron chi connectivity index (χ0n) is 15.5. The number of hydrogen-bond donors (Lipinski definition) is 3. The van der Waals surface area contributed by atoms with Crippen LogP contribution in [0.25, 0.3) is 55.8 Å². The minimum atomic E-state index is 0.0888. The highest BCUT2D eigenvalue weighted by Crippen LogP contribution is 2.32. The SMILES string of the molecule is Oc1cncc(-c2cc3c(-c4nc5c(-c6ccoc6)cccc5[nH]4)n[nH]c3cn2)c1. The van der Waals surface area contributed by atoms with E-state index in [1.165, 1.54) is 6.20 Å². The number of aromatic hydroxyl groups is 1. The molecule has 0 spiro atoms. The van der Waals surface area contributed by atoms with Crippen LogP contribution in [0.4, 0.5) is 0 Å². The number of nitrogens with zero attached hydrogens (tertiary/aromatic N) is 4. The Bertz CT molecular complexity index is 1510. The van der Waals surface area contributed by atoms with Crippen LogP contribution in [0, 0.1) is 0 Å². The Morgan fingerprint density at radius 2 is 1.93 bits per heavy atom. The number of nitrogens with one attached hydrogen (secondary N) is 2. The molecule has 0 fully saturated rings. The second-order valence-electron chi connectivity index (χ2n) is 6.92. The number of para-hydroxylation sites is 1. The number of H-pyrrole nitrogens is 2. The summed E-state index contributed by atoms with van der Waals surface area (Å²) in [5.41, 5.74) is 6.58. The van der Waals surface area contributed by atoms with Crippen molar-refractivity contribution in [1.29, 1.82) is 0 Å². The molecule has 8 nitrogen and oxygen atoms in total. The molecule has 0 radical (unpaired) electrons. The maximum atomic E-state index is 9.73. The molecule has 0 amide bonds. The van der Waals surface area contributed by atoms with Gasteiger partial charge in [0.05, 0.1) is 47.2 Å². The molecule has 0 aliphatic carbocycles. The van der Waals surface area contributed by atoms with Gasteiger partial charge in [-0.1, -0.05) is 12.1 Å². The summed E-state index contributed by atoms with van der Waals surface area (Å²) in [4.78, 5) is 16.7. The van der Waals surface area contributed by atoms with E-state index in [9.17, 15) is 5.11 Å². The molecule has 0 bridgehead atoms. The van der Waals surface area contributed by atoms with Crippen LogP contribution in [0.2, 0.25) is 0 Å². The van der Waals surface area contributed by atoms with Crippen molar-refractivity contribution in [2.24, 2.45) is 0 Å². The fourth-order valence-electron chi connectivity index (χ4n) is 3.62. The molecule has 0 saturated heterocycles. The highest BCUT2D eigenvalue weighted by molar-refractivity contribution is 5.97. The predicted molar refractivity (Wildman–Crippen MR) is 112 cm³/mol. The molecule has 0 aliphatic heterocycles. The van der Waals surface area contributed by atoms with Gasteiger partial charge in [-0.2, -0.15) is 5.10 Å². The van der Waals surface area contributed by atoms with Gasteiger partial charge >= 0.3 is 0 Å². The summed E-state index contributed by atoms with van der Waals surface area (Å²) in [5, 5.41) is 18.1. The summed E-state index contributed by atoms with van der Waals surface area (Å²) in [6.07, 6.45) is 8.11. The second kappa shape index (κ2) is 6.28. The van der Waals surface area contributed by atoms with Crippen LogP contribution in [0.15, 0.2) is 71.9 Å². The standard InChI is InChI=1S/C22H14N6O2/c29-14-6-13(8-23-9-14)18-7-16-19(10-24-18)27-28-21(16)22-25-17-3-1-2-15(20(17)26-22)12-4-5-30-11-12/h1-11,29H,(H,25,26)(H,27,28). The summed E-state index contributed by atoms with van der Waals surface area (Å²) < 4.78 is 5.23. The van der Waals surface area contributed by atoms with Crippen molar-refractivity contribution < 1.29 is 9.52 Å². The number of aromatic amines is 2. The van der Waals surface area contributed by atoms with Crippen molar-refractivity contribution in [2.45, 2.75) is 0 Å². The Morgan fingerprint density at radius 3 is 2.80 bits per heavy atom. The number of aromatic nitrogens is 6. The number of hydrogen-bond acceptors (Lipinski definition) is 6. The first-order valence-corrected chi connectivity index (χ1v) is 9.26. The minimum absolute atomic E-state index is 0.0888. The average Bonchev–Trinajstić information content (AvgIpc) is 3.51. The van der Waals surface area contributed by atoms with E-state index in [0.717, 1.165) is 38.6 Å². The smallest absolute Gasteiger partial charge is 0.159 e. The molecule has 1 aromatic carbocycles. The zero-order valence-corrected chi connectivity index (χ0v) is 15.5. The molecule has 3 N–H and O–H groups in total. The molecule has 0 unspecified atom stereocenters. The summed E-state index contributed by atoms with van der Waals surface area (Å²) in [7, 11) is 0. The van der Waals surface area contributed by atoms with E-state index < -0.39 is 0 Å². The van der Waals surface area contributed by atoms with E-state index in [1.54, 1.807) is 31.0 Å². The number of rotatable bonds is 3. The van der Waals surface area contributed by atoms with Crippen molar-refractivity contribution in [2.75, 3.05) is 0 Å². The first-order chi connectivity index (χ1) is 14.8. The fraction of sp³-hybridized carbons (Fsp3) is 0. The van der Waals surface area contributed by atoms with Crippen LogP contribution in [0.1, 0.15) is 0 Å². The molecule has 0 saturated carbocycles. The van der Waals surface area contributed by atoms with Crippen LogP contribution in [-0.2, 0) is 0 Å². The molecule has 0 atom stereocenters. The quantitative estimate of drug-likeness (QED) is 0.406. The molecule has 5 aromatic heterocycles. The molecular formula is C22H14N6O2. The van der Waals surface area contributed by atoms with Crippen molar-refractivity contribution in [3.05, 3.63) is 67.5 Å². The van der Waals surface area contributed by atoms with Crippen LogP contribution in [0.3, 0.4) is 0 Å². The zero-order chi connectivity index (χ0) is 20.1. The van der Waals surface area contributed by atoms with E-state index >= 15 is 0 Å². The maximum absolute atomic E-state index is 9.73. The van der Waals surface area contributed by atoms with Gasteiger partial charge in [-0.15, -0.1) is 0 Å². The normalized spacial score (nSPS) is 11.5. The van der Waals surface area contributed by atoms with E-state index in [4.69, 9.17) is 9.40 Å². The first-order valence-electron chi connectivity index (χ1n) is 9.26.